The molecule has 2 aromatic rings. The summed E-state index contributed by atoms with van der Waals surface area (Å²) in [6.07, 6.45) is 2.13. The Kier molecular flexibility index (Phi) is 6.01. The Morgan fingerprint density at radius 1 is 1.15 bits per heavy atom. The highest BCUT2D eigenvalue weighted by molar-refractivity contribution is 5.93. The molecule has 0 saturated carbocycles. The van der Waals surface area contributed by atoms with Gasteiger partial charge in [-0.1, -0.05) is 18.2 Å². The predicted molar refractivity (Wildman–Crippen MR) is 107 cm³/mol. The van der Waals surface area contributed by atoms with Crippen molar-refractivity contribution in [2.45, 2.75) is 32.7 Å². The number of aryl methyl sites for hydroxylation is 2. The van der Waals surface area contributed by atoms with Crippen molar-refractivity contribution in [1.29, 1.82) is 0 Å². The number of quaternary nitrogens is 1. The fourth-order valence-electron chi connectivity index (χ4n) is 4.01. The number of ether oxygens (including phenoxy) is 2. The van der Waals surface area contributed by atoms with Gasteiger partial charge in [0.1, 0.15) is 17.5 Å². The number of hydrogen-bond donors (Lipinski definition) is 2. The van der Waals surface area contributed by atoms with E-state index in [0.29, 0.717) is 6.54 Å². The number of amides is 1. The number of hydrogen-bond acceptors (Lipinski definition) is 3. The standard InChI is InChI=1S/C22H28N2O3/c1-15-7-5-8-16(2)22(15)23-21(25)14-24-12-6-9-19(24)18-13-17(26-3)10-11-20(18)27-4/h5,7-8,10-11,13,19H,6,9,12,14H2,1-4H3,(H,23,25)/p+1/t19-/m1/s1. The fourth-order valence-corrected chi connectivity index (χ4v) is 4.01. The molecule has 2 N–H and O–H groups in total. The van der Waals surface area contributed by atoms with Crippen LogP contribution in [0.2, 0.25) is 0 Å². The Hall–Kier alpha value is -2.53. The fraction of sp³-hybridized carbons (Fsp3) is 0.409. The third-order valence-corrected chi connectivity index (χ3v) is 5.43. The number of methoxy groups -OCH3 is 2. The van der Waals surface area contributed by atoms with Crippen LogP contribution in [0.5, 0.6) is 11.5 Å². The highest BCUT2D eigenvalue weighted by Gasteiger charge is 2.34. The number of nitrogens with one attached hydrogen (secondary N) is 2. The Balaban J connectivity index is 1.76. The van der Waals surface area contributed by atoms with Gasteiger partial charge in [-0.25, -0.2) is 0 Å². The van der Waals surface area contributed by atoms with Gasteiger partial charge in [-0.3, -0.25) is 4.79 Å². The van der Waals surface area contributed by atoms with Crippen molar-refractivity contribution in [3.63, 3.8) is 0 Å². The average Bonchev–Trinajstić information content (AvgIpc) is 3.12. The molecule has 1 fully saturated rings. The van der Waals surface area contributed by atoms with E-state index in [4.69, 9.17) is 9.47 Å². The lowest BCUT2D eigenvalue weighted by Gasteiger charge is -2.23. The van der Waals surface area contributed by atoms with Crippen molar-refractivity contribution >= 4 is 11.6 Å². The van der Waals surface area contributed by atoms with Crippen LogP contribution in [0.1, 0.15) is 35.6 Å². The number of benzene rings is 2. The number of likely N-dealkylation sites (tertiary alicyclic amines) is 1. The van der Waals surface area contributed by atoms with E-state index in [1.807, 2.05) is 50.2 Å². The molecule has 0 aliphatic carbocycles. The van der Waals surface area contributed by atoms with Crippen LogP contribution in [0.15, 0.2) is 36.4 Å². The lowest BCUT2D eigenvalue weighted by Crippen LogP contribution is -3.11. The highest BCUT2D eigenvalue weighted by Crippen LogP contribution is 2.31. The summed E-state index contributed by atoms with van der Waals surface area (Å²) in [5.74, 6) is 1.73. The quantitative estimate of drug-likeness (QED) is 0.823. The molecule has 1 heterocycles. The smallest absolute Gasteiger partial charge is 0.279 e. The molecule has 0 spiro atoms. The van der Waals surface area contributed by atoms with E-state index in [1.54, 1.807) is 14.2 Å². The maximum atomic E-state index is 12.7. The zero-order chi connectivity index (χ0) is 19.4. The molecule has 5 heteroatoms. The molecule has 3 rings (SSSR count). The molecule has 1 unspecified atom stereocenters. The summed E-state index contributed by atoms with van der Waals surface area (Å²) >= 11 is 0. The molecule has 1 aliphatic heterocycles. The van der Waals surface area contributed by atoms with Crippen molar-refractivity contribution in [2.24, 2.45) is 0 Å². The Bertz CT molecular complexity index is 799. The van der Waals surface area contributed by atoms with Gasteiger partial charge in [0.25, 0.3) is 5.91 Å². The Labute approximate surface area is 161 Å². The van der Waals surface area contributed by atoms with Gasteiger partial charge in [-0.05, 0) is 43.2 Å². The molecule has 2 atom stereocenters. The monoisotopic (exact) mass is 369 g/mol. The summed E-state index contributed by atoms with van der Waals surface area (Å²) in [6.45, 7) is 5.47. The second-order valence-electron chi connectivity index (χ2n) is 7.20. The van der Waals surface area contributed by atoms with Crippen LogP contribution in [0.25, 0.3) is 0 Å². The molecule has 0 aromatic heterocycles. The topological polar surface area (TPSA) is 52.0 Å². The summed E-state index contributed by atoms with van der Waals surface area (Å²) in [5, 5.41) is 3.11. The Morgan fingerprint density at radius 3 is 2.56 bits per heavy atom. The van der Waals surface area contributed by atoms with Crippen molar-refractivity contribution < 1.29 is 19.2 Å². The predicted octanol–water partition coefficient (Wildman–Crippen LogP) is 2.68. The van der Waals surface area contributed by atoms with E-state index >= 15 is 0 Å². The van der Waals surface area contributed by atoms with Gasteiger partial charge >= 0.3 is 0 Å². The summed E-state index contributed by atoms with van der Waals surface area (Å²) in [4.78, 5) is 14.0. The van der Waals surface area contributed by atoms with Crippen LogP contribution >= 0.6 is 0 Å². The first-order chi connectivity index (χ1) is 13.0. The summed E-state index contributed by atoms with van der Waals surface area (Å²) in [6, 6.07) is 12.2. The largest absolute Gasteiger partial charge is 0.497 e. The van der Waals surface area contributed by atoms with Crippen LogP contribution < -0.4 is 19.7 Å². The minimum Gasteiger partial charge on any atom is -0.497 e. The van der Waals surface area contributed by atoms with E-state index in [9.17, 15) is 4.79 Å². The highest BCUT2D eigenvalue weighted by atomic mass is 16.5. The van der Waals surface area contributed by atoms with E-state index < -0.39 is 0 Å². The zero-order valence-corrected chi connectivity index (χ0v) is 16.6. The maximum Gasteiger partial charge on any atom is 0.279 e. The van der Waals surface area contributed by atoms with Gasteiger partial charge in [0.05, 0.1) is 26.3 Å². The third kappa shape index (κ3) is 4.25. The number of carbonyl (C=O) groups excluding carboxylic acids is 1. The van der Waals surface area contributed by atoms with Crippen molar-refractivity contribution in [3.05, 3.63) is 53.1 Å². The van der Waals surface area contributed by atoms with E-state index in [-0.39, 0.29) is 11.9 Å². The van der Waals surface area contributed by atoms with Crippen LogP contribution in [0.3, 0.4) is 0 Å². The van der Waals surface area contributed by atoms with Gasteiger partial charge in [0.2, 0.25) is 0 Å². The molecule has 1 saturated heterocycles. The zero-order valence-electron chi connectivity index (χ0n) is 16.6. The van der Waals surface area contributed by atoms with E-state index in [1.165, 1.54) is 4.90 Å². The van der Waals surface area contributed by atoms with E-state index in [2.05, 4.69) is 5.32 Å². The first-order valence-corrected chi connectivity index (χ1v) is 9.46. The number of anilines is 1. The molecule has 0 bridgehead atoms. The van der Waals surface area contributed by atoms with Crippen LogP contribution in [0, 0.1) is 13.8 Å². The molecule has 0 radical (unpaired) electrons. The number of rotatable bonds is 6. The maximum absolute atomic E-state index is 12.7. The first kappa shape index (κ1) is 19.2. The van der Waals surface area contributed by atoms with Gasteiger partial charge in [0, 0.05) is 18.5 Å². The minimum atomic E-state index is 0.0520. The van der Waals surface area contributed by atoms with E-state index in [0.717, 1.165) is 53.3 Å². The van der Waals surface area contributed by atoms with Crippen molar-refractivity contribution in [3.8, 4) is 11.5 Å². The molecule has 144 valence electrons. The molecule has 2 aromatic carbocycles. The Morgan fingerprint density at radius 2 is 1.89 bits per heavy atom. The normalized spacial score (nSPS) is 19.0. The molecular weight excluding hydrogens is 340 g/mol. The lowest BCUT2D eigenvalue weighted by atomic mass is 10.0. The molecule has 5 nitrogen and oxygen atoms in total. The van der Waals surface area contributed by atoms with Gasteiger partial charge in [0.15, 0.2) is 6.54 Å². The van der Waals surface area contributed by atoms with Crippen molar-refractivity contribution in [2.75, 3.05) is 32.6 Å². The summed E-state index contributed by atoms with van der Waals surface area (Å²) in [7, 11) is 3.36. The van der Waals surface area contributed by atoms with Crippen LogP contribution in [-0.4, -0.2) is 33.2 Å². The average molecular weight is 369 g/mol. The van der Waals surface area contributed by atoms with Gasteiger partial charge in [-0.15, -0.1) is 0 Å². The second kappa shape index (κ2) is 8.44. The SMILES string of the molecule is COc1ccc(OC)c([C@H]2CCC[NH+]2CC(=O)Nc2c(C)cccc2C)c1. The third-order valence-electron chi connectivity index (χ3n) is 5.43. The van der Waals surface area contributed by atoms with Crippen LogP contribution in [-0.2, 0) is 4.79 Å². The van der Waals surface area contributed by atoms with Gasteiger partial charge < -0.3 is 19.7 Å². The van der Waals surface area contributed by atoms with Crippen molar-refractivity contribution in [1.82, 2.24) is 0 Å². The molecule has 1 amide bonds. The summed E-state index contributed by atoms with van der Waals surface area (Å²) in [5.41, 5.74) is 4.22. The van der Waals surface area contributed by atoms with Gasteiger partial charge in [-0.2, -0.15) is 0 Å². The number of para-hydroxylation sites is 1. The molecule has 1 aliphatic rings. The molecular formula is C22H29N2O3+. The lowest BCUT2D eigenvalue weighted by molar-refractivity contribution is -0.910. The second-order valence-corrected chi connectivity index (χ2v) is 7.20. The minimum absolute atomic E-state index is 0.0520. The summed E-state index contributed by atoms with van der Waals surface area (Å²) < 4.78 is 11.0. The first-order valence-electron chi connectivity index (χ1n) is 9.46. The van der Waals surface area contributed by atoms with Crippen LogP contribution in [0.4, 0.5) is 5.69 Å². The number of carbonyl (C=O) groups is 1. The molecule has 27 heavy (non-hydrogen) atoms.